The van der Waals surface area contributed by atoms with Crippen LogP contribution >= 0.6 is 23.5 Å². The van der Waals surface area contributed by atoms with Crippen molar-refractivity contribution in [3.63, 3.8) is 0 Å². The molecule has 0 spiro atoms. The largest absolute Gasteiger partial charge is 0.480 e. The smallest absolute Gasteiger partial charge is 0.326 e. The highest BCUT2D eigenvalue weighted by Crippen LogP contribution is 2.08. The Morgan fingerprint density at radius 1 is 0.857 bits per heavy atom. The van der Waals surface area contributed by atoms with E-state index in [-0.39, 0.29) is 19.3 Å². The predicted molar refractivity (Wildman–Crippen MR) is 139 cm³/mol. The van der Waals surface area contributed by atoms with Crippen LogP contribution in [0.4, 0.5) is 0 Å². The average Bonchev–Trinajstić information content (AvgIpc) is 2.83. The lowest BCUT2D eigenvalue weighted by Crippen LogP contribution is -2.58. The minimum Gasteiger partial charge on any atom is -0.480 e. The number of thioether (sulfide) groups is 2. The topological polar surface area (TPSA) is 171 Å². The predicted octanol–water partition coefficient (Wildman–Crippen LogP) is -0.0176. The second-order valence-electron chi connectivity index (χ2n) is 8.04. The molecule has 0 saturated heterocycles. The van der Waals surface area contributed by atoms with Gasteiger partial charge < -0.3 is 31.9 Å². The maximum absolute atomic E-state index is 13.2. The molecule has 0 aliphatic heterocycles. The van der Waals surface area contributed by atoms with E-state index < -0.39 is 54.0 Å². The number of nitrogens with one attached hydrogen (secondary N) is 3. The molecule has 0 aliphatic carbocycles. The van der Waals surface area contributed by atoms with Gasteiger partial charge in [0.25, 0.3) is 0 Å². The second kappa shape index (κ2) is 16.4. The number of amides is 3. The molecule has 0 heterocycles. The summed E-state index contributed by atoms with van der Waals surface area (Å²) in [5.41, 5.74) is 6.49. The fraction of sp³-hybridized carbons (Fsp3) is 0.565. The maximum Gasteiger partial charge on any atom is 0.326 e. The van der Waals surface area contributed by atoms with Crippen LogP contribution in [0.15, 0.2) is 30.3 Å². The van der Waals surface area contributed by atoms with Crippen LogP contribution in [-0.4, -0.2) is 88.2 Å². The molecular weight excluding hydrogens is 492 g/mol. The summed E-state index contributed by atoms with van der Waals surface area (Å²) in [6.45, 7) is 1.37. The highest BCUT2D eigenvalue weighted by atomic mass is 32.2. The van der Waals surface area contributed by atoms with Crippen molar-refractivity contribution in [3.05, 3.63) is 35.9 Å². The molecule has 0 aromatic heterocycles. The molecule has 12 heteroatoms. The summed E-state index contributed by atoms with van der Waals surface area (Å²) in [4.78, 5) is 50.2. The lowest BCUT2D eigenvalue weighted by molar-refractivity contribution is -0.142. The summed E-state index contributed by atoms with van der Waals surface area (Å²) in [5, 5.41) is 26.8. The summed E-state index contributed by atoms with van der Waals surface area (Å²) in [7, 11) is 0. The second-order valence-corrected chi connectivity index (χ2v) is 10.0. The normalized spacial score (nSPS) is 15.2. The Bertz CT molecular complexity index is 827. The van der Waals surface area contributed by atoms with E-state index in [1.165, 1.54) is 30.4 Å². The lowest BCUT2D eigenvalue weighted by atomic mass is 10.0. The van der Waals surface area contributed by atoms with Crippen LogP contribution in [0.5, 0.6) is 0 Å². The first-order valence-electron chi connectivity index (χ1n) is 11.2. The van der Waals surface area contributed by atoms with Crippen molar-refractivity contribution in [3.8, 4) is 0 Å². The number of carbonyl (C=O) groups is 4. The summed E-state index contributed by atoms with van der Waals surface area (Å²) >= 11 is 2.94. The van der Waals surface area contributed by atoms with Gasteiger partial charge in [-0.1, -0.05) is 30.3 Å². The van der Waals surface area contributed by atoms with Gasteiger partial charge in [0.2, 0.25) is 17.7 Å². The van der Waals surface area contributed by atoms with Crippen molar-refractivity contribution in [2.24, 2.45) is 5.73 Å². The number of hydrogen-bond donors (Lipinski definition) is 6. The standard InChI is InChI=1S/C23H36N4O6S2/c1-14(28)19(24)22(31)27-18(13-15-7-5-4-6-8-15)21(30)25-16(9-11-34-2)20(29)26-17(23(32)33)10-12-35-3/h4-8,14,16-19,28H,9-13,24H2,1-3H3,(H,25,30)(H,26,29)(H,27,31)(H,32,33). The number of benzene rings is 1. The van der Waals surface area contributed by atoms with Crippen molar-refractivity contribution in [2.75, 3.05) is 24.0 Å². The van der Waals surface area contributed by atoms with Gasteiger partial charge in [0.15, 0.2) is 0 Å². The molecular formula is C23H36N4O6S2. The van der Waals surface area contributed by atoms with Gasteiger partial charge in [-0.3, -0.25) is 14.4 Å². The number of carboxylic acids is 1. The zero-order valence-electron chi connectivity index (χ0n) is 20.2. The lowest BCUT2D eigenvalue weighted by Gasteiger charge is -2.25. The summed E-state index contributed by atoms with van der Waals surface area (Å²) in [6, 6.07) is 4.63. The number of nitrogens with two attached hydrogens (primary N) is 1. The first kappa shape index (κ1) is 30.8. The molecule has 5 atom stereocenters. The van der Waals surface area contributed by atoms with Crippen molar-refractivity contribution in [1.29, 1.82) is 0 Å². The minimum atomic E-state index is -1.23. The van der Waals surface area contributed by atoms with E-state index in [9.17, 15) is 29.4 Å². The third-order valence-electron chi connectivity index (χ3n) is 5.21. The van der Waals surface area contributed by atoms with Crippen molar-refractivity contribution in [2.45, 2.75) is 56.5 Å². The van der Waals surface area contributed by atoms with Crippen molar-refractivity contribution in [1.82, 2.24) is 16.0 Å². The SMILES string of the molecule is CSCCC(NC(=O)C(CCSC)NC(=O)C(Cc1ccccc1)NC(=O)C(N)C(C)O)C(=O)O. The van der Waals surface area contributed by atoms with Gasteiger partial charge in [0, 0.05) is 6.42 Å². The molecule has 0 aliphatic rings. The average molecular weight is 529 g/mol. The van der Waals surface area contributed by atoms with Crippen LogP contribution in [0.1, 0.15) is 25.3 Å². The Balaban J connectivity index is 3.06. The first-order valence-corrected chi connectivity index (χ1v) is 14.0. The Morgan fingerprint density at radius 2 is 1.34 bits per heavy atom. The van der Waals surface area contributed by atoms with Gasteiger partial charge in [0.05, 0.1) is 6.10 Å². The molecule has 0 radical (unpaired) electrons. The van der Waals surface area contributed by atoms with Gasteiger partial charge in [-0.15, -0.1) is 0 Å². The van der Waals surface area contributed by atoms with E-state index >= 15 is 0 Å². The number of aliphatic hydroxyl groups excluding tert-OH is 1. The van der Waals surface area contributed by atoms with Crippen LogP contribution in [0.3, 0.4) is 0 Å². The zero-order valence-corrected chi connectivity index (χ0v) is 21.9. The van der Waals surface area contributed by atoms with E-state index in [0.29, 0.717) is 11.5 Å². The molecule has 0 bridgehead atoms. The molecule has 3 amide bonds. The number of carboxylic acid groups (broad SMARTS) is 1. The van der Waals surface area contributed by atoms with Crippen LogP contribution in [-0.2, 0) is 25.6 Å². The Kier molecular flexibility index (Phi) is 14.4. The fourth-order valence-electron chi connectivity index (χ4n) is 3.09. The van der Waals surface area contributed by atoms with E-state index in [0.717, 1.165) is 5.56 Å². The fourth-order valence-corrected chi connectivity index (χ4v) is 4.03. The molecule has 0 saturated carbocycles. The van der Waals surface area contributed by atoms with Crippen LogP contribution < -0.4 is 21.7 Å². The van der Waals surface area contributed by atoms with Gasteiger partial charge in [-0.05, 0) is 49.3 Å². The molecule has 0 fully saturated rings. The third-order valence-corrected chi connectivity index (χ3v) is 6.49. The molecule has 196 valence electrons. The third kappa shape index (κ3) is 11.3. The quantitative estimate of drug-likeness (QED) is 0.173. The monoisotopic (exact) mass is 528 g/mol. The van der Waals surface area contributed by atoms with Gasteiger partial charge in [-0.2, -0.15) is 23.5 Å². The highest BCUT2D eigenvalue weighted by Gasteiger charge is 2.31. The molecule has 10 nitrogen and oxygen atoms in total. The van der Waals surface area contributed by atoms with Gasteiger partial charge in [0.1, 0.15) is 24.2 Å². The molecule has 7 N–H and O–H groups in total. The Labute approximate surface area is 214 Å². The molecule has 35 heavy (non-hydrogen) atoms. The first-order chi connectivity index (χ1) is 16.6. The summed E-state index contributed by atoms with van der Waals surface area (Å²) in [5.74, 6) is -1.98. The minimum absolute atomic E-state index is 0.132. The van der Waals surface area contributed by atoms with E-state index in [4.69, 9.17) is 5.73 Å². The molecule has 1 rings (SSSR count). The number of hydrogen-bond acceptors (Lipinski definition) is 8. The number of aliphatic hydroxyl groups is 1. The van der Waals surface area contributed by atoms with Gasteiger partial charge >= 0.3 is 5.97 Å². The highest BCUT2D eigenvalue weighted by molar-refractivity contribution is 7.98. The van der Waals surface area contributed by atoms with Crippen LogP contribution in [0.25, 0.3) is 0 Å². The van der Waals surface area contributed by atoms with Crippen molar-refractivity contribution < 1.29 is 29.4 Å². The number of carbonyl (C=O) groups excluding carboxylic acids is 3. The van der Waals surface area contributed by atoms with Gasteiger partial charge in [-0.25, -0.2) is 4.79 Å². The summed E-state index contributed by atoms with van der Waals surface area (Å²) in [6.07, 6.45) is 3.22. The zero-order chi connectivity index (χ0) is 26.4. The molecule has 1 aromatic carbocycles. The summed E-state index contributed by atoms with van der Waals surface area (Å²) < 4.78 is 0. The Hall–Kier alpha value is -2.28. The number of rotatable bonds is 16. The number of aliphatic carboxylic acids is 1. The van der Waals surface area contributed by atoms with Crippen molar-refractivity contribution >= 4 is 47.2 Å². The van der Waals surface area contributed by atoms with E-state index in [1.54, 1.807) is 24.3 Å². The maximum atomic E-state index is 13.2. The Morgan fingerprint density at radius 3 is 1.86 bits per heavy atom. The van der Waals surface area contributed by atoms with E-state index in [1.807, 2.05) is 18.6 Å². The van der Waals surface area contributed by atoms with E-state index in [2.05, 4.69) is 16.0 Å². The van der Waals surface area contributed by atoms with Crippen LogP contribution in [0.2, 0.25) is 0 Å². The molecule has 1 aromatic rings. The molecule has 5 unspecified atom stereocenters. The van der Waals surface area contributed by atoms with Crippen LogP contribution in [0, 0.1) is 0 Å².